The summed E-state index contributed by atoms with van der Waals surface area (Å²) in [6.07, 6.45) is 4.32. The molecule has 0 unspecified atom stereocenters. The van der Waals surface area contributed by atoms with Gasteiger partial charge in [0.1, 0.15) is 5.60 Å². The van der Waals surface area contributed by atoms with Crippen molar-refractivity contribution in [3.63, 3.8) is 0 Å². The average Bonchev–Trinajstić information content (AvgIpc) is 2.78. The lowest BCUT2D eigenvalue weighted by Gasteiger charge is -2.19. The molecule has 5 heteroatoms. The summed E-state index contributed by atoms with van der Waals surface area (Å²) in [5, 5.41) is 10.1. The molecule has 0 saturated heterocycles. The maximum atomic E-state index is 12.0. The maximum absolute atomic E-state index is 12.0. The van der Waals surface area contributed by atoms with Crippen LogP contribution in [0.15, 0.2) is 24.7 Å². The van der Waals surface area contributed by atoms with Crippen LogP contribution in [0.1, 0.15) is 40.2 Å². The monoisotopic (exact) mass is 278 g/mol. The van der Waals surface area contributed by atoms with Gasteiger partial charge >= 0.3 is 6.09 Å². The molecule has 0 fully saturated rings. The van der Waals surface area contributed by atoms with Crippen LogP contribution in [0.25, 0.3) is 10.9 Å². The first kappa shape index (κ1) is 16.2. The lowest BCUT2D eigenvalue weighted by atomic mass is 10.2. The molecule has 0 amide bonds. The number of nitrogens with zero attached hydrogens (tertiary/aromatic N) is 2. The predicted octanol–water partition coefficient (Wildman–Crippen LogP) is 3.34. The molecule has 0 bridgehead atoms. The zero-order valence-electron chi connectivity index (χ0n) is 12.7. The van der Waals surface area contributed by atoms with E-state index in [2.05, 4.69) is 4.98 Å². The van der Waals surface area contributed by atoms with Gasteiger partial charge in [-0.3, -0.25) is 9.55 Å². The van der Waals surface area contributed by atoms with Gasteiger partial charge in [-0.05, 0) is 26.8 Å². The number of pyridine rings is 1. The van der Waals surface area contributed by atoms with Crippen LogP contribution in [0, 0.1) is 0 Å². The lowest BCUT2D eigenvalue weighted by Crippen LogP contribution is -2.26. The van der Waals surface area contributed by atoms with E-state index in [1.807, 2.05) is 34.6 Å². The van der Waals surface area contributed by atoms with E-state index in [4.69, 9.17) is 4.74 Å². The second-order valence-corrected chi connectivity index (χ2v) is 5.06. The average molecular weight is 278 g/mol. The summed E-state index contributed by atoms with van der Waals surface area (Å²) >= 11 is 0. The molecule has 1 N–H and O–H groups in total. The summed E-state index contributed by atoms with van der Waals surface area (Å²) < 4.78 is 6.68. The van der Waals surface area contributed by atoms with Crippen LogP contribution in [0.2, 0.25) is 0 Å². The summed E-state index contributed by atoms with van der Waals surface area (Å²) in [4.78, 5) is 16.0. The molecule has 5 nitrogen and oxygen atoms in total. The van der Waals surface area contributed by atoms with E-state index >= 15 is 0 Å². The third kappa shape index (κ3) is 3.57. The third-order valence-corrected chi connectivity index (χ3v) is 2.45. The molecule has 0 aliphatic carbocycles. The Labute approximate surface area is 119 Å². The van der Waals surface area contributed by atoms with E-state index in [1.54, 1.807) is 24.7 Å². The molecule has 2 aromatic heterocycles. The highest BCUT2D eigenvalue weighted by atomic mass is 16.6. The van der Waals surface area contributed by atoms with Crippen LogP contribution in [-0.4, -0.2) is 26.4 Å². The minimum absolute atomic E-state index is 0.129. The van der Waals surface area contributed by atoms with Crippen LogP contribution < -0.4 is 0 Å². The number of rotatable bonds is 1. The molecule has 0 spiro atoms. The Hall–Kier alpha value is -1.88. The van der Waals surface area contributed by atoms with Gasteiger partial charge in [0.05, 0.1) is 18.3 Å². The zero-order chi connectivity index (χ0) is 15.3. The Morgan fingerprint density at radius 3 is 2.60 bits per heavy atom. The Morgan fingerprint density at radius 1 is 1.40 bits per heavy atom. The number of aliphatic hydroxyl groups is 1. The summed E-state index contributed by atoms with van der Waals surface area (Å²) in [5.74, 6) is 0. The Balaban J connectivity index is 0.000000956. The fourth-order valence-corrected chi connectivity index (χ4v) is 1.73. The number of carbonyl (C=O) groups excluding carboxylic acids is 1. The SMILES string of the molecule is CC.CC(C)(C)OC(=O)n1cc(CO)c2ccncc21. The summed E-state index contributed by atoms with van der Waals surface area (Å²) in [6, 6.07) is 1.77. The van der Waals surface area contributed by atoms with E-state index < -0.39 is 11.7 Å². The van der Waals surface area contributed by atoms with Gasteiger partial charge in [-0.25, -0.2) is 4.79 Å². The van der Waals surface area contributed by atoms with Crippen LogP contribution in [0.4, 0.5) is 4.79 Å². The molecule has 2 rings (SSSR count). The topological polar surface area (TPSA) is 64.3 Å². The van der Waals surface area contributed by atoms with Gasteiger partial charge in [-0.1, -0.05) is 13.8 Å². The Bertz CT molecular complexity index is 582. The minimum atomic E-state index is -0.560. The van der Waals surface area contributed by atoms with E-state index in [0.717, 1.165) is 5.39 Å². The van der Waals surface area contributed by atoms with Crippen molar-refractivity contribution in [3.8, 4) is 0 Å². The molecule has 0 aromatic carbocycles. The molecular formula is C15H22N2O3. The molecule has 0 saturated carbocycles. The maximum Gasteiger partial charge on any atom is 0.419 e. The largest absolute Gasteiger partial charge is 0.443 e. The molecule has 0 aliphatic heterocycles. The first-order valence-corrected chi connectivity index (χ1v) is 6.70. The normalized spacial score (nSPS) is 10.9. The fraction of sp³-hybridized carbons (Fsp3) is 0.467. The van der Waals surface area contributed by atoms with Gasteiger partial charge in [0.2, 0.25) is 0 Å². The zero-order valence-corrected chi connectivity index (χ0v) is 12.7. The van der Waals surface area contributed by atoms with Gasteiger partial charge in [-0.15, -0.1) is 0 Å². The van der Waals surface area contributed by atoms with Crippen LogP contribution in [0.5, 0.6) is 0 Å². The number of hydrogen-bond acceptors (Lipinski definition) is 4. The van der Waals surface area contributed by atoms with Crippen molar-refractivity contribution in [1.29, 1.82) is 0 Å². The lowest BCUT2D eigenvalue weighted by molar-refractivity contribution is 0.0544. The Morgan fingerprint density at radius 2 is 2.05 bits per heavy atom. The minimum Gasteiger partial charge on any atom is -0.443 e. The molecule has 110 valence electrons. The number of fused-ring (bicyclic) bond motifs is 1. The van der Waals surface area contributed by atoms with Crippen LogP contribution >= 0.6 is 0 Å². The summed E-state index contributed by atoms with van der Waals surface area (Å²) in [5.41, 5.74) is 0.754. The van der Waals surface area contributed by atoms with Crippen molar-refractivity contribution in [2.45, 2.75) is 46.8 Å². The van der Waals surface area contributed by atoms with Crippen molar-refractivity contribution in [1.82, 2.24) is 9.55 Å². The quantitative estimate of drug-likeness (QED) is 0.869. The van der Waals surface area contributed by atoms with Crippen molar-refractivity contribution in [2.24, 2.45) is 0 Å². The van der Waals surface area contributed by atoms with Gasteiger partial charge in [-0.2, -0.15) is 0 Å². The first-order chi connectivity index (χ1) is 9.42. The number of ether oxygens (including phenoxy) is 1. The molecule has 0 aliphatic rings. The van der Waals surface area contributed by atoms with Crippen molar-refractivity contribution >= 4 is 17.0 Å². The standard InChI is InChI=1S/C13H16N2O3.C2H6/c1-13(2,3)18-12(17)15-7-9(8-16)10-4-5-14-6-11(10)15;1-2/h4-7,16H,8H2,1-3H3;1-2H3. The second kappa shape index (κ2) is 6.52. The van der Waals surface area contributed by atoms with Crippen LogP contribution in [-0.2, 0) is 11.3 Å². The highest BCUT2D eigenvalue weighted by molar-refractivity contribution is 5.91. The van der Waals surface area contributed by atoms with E-state index in [9.17, 15) is 9.90 Å². The fourth-order valence-electron chi connectivity index (χ4n) is 1.73. The van der Waals surface area contributed by atoms with Crippen molar-refractivity contribution < 1.29 is 14.6 Å². The van der Waals surface area contributed by atoms with Gasteiger partial charge < -0.3 is 9.84 Å². The Kier molecular flexibility index (Phi) is 5.27. The smallest absolute Gasteiger partial charge is 0.419 e. The number of aromatic nitrogens is 2. The highest BCUT2D eigenvalue weighted by Crippen LogP contribution is 2.21. The predicted molar refractivity (Wildman–Crippen MR) is 78.6 cm³/mol. The molecule has 0 atom stereocenters. The second-order valence-electron chi connectivity index (χ2n) is 5.06. The van der Waals surface area contributed by atoms with Gasteiger partial charge in [0.15, 0.2) is 0 Å². The summed E-state index contributed by atoms with van der Waals surface area (Å²) in [6.45, 7) is 9.29. The molecule has 2 heterocycles. The van der Waals surface area contributed by atoms with Gasteiger partial charge in [0.25, 0.3) is 0 Å². The van der Waals surface area contributed by atoms with E-state index in [0.29, 0.717) is 11.1 Å². The molecular weight excluding hydrogens is 256 g/mol. The number of hydrogen-bond donors (Lipinski definition) is 1. The summed E-state index contributed by atoms with van der Waals surface area (Å²) in [7, 11) is 0. The third-order valence-electron chi connectivity index (χ3n) is 2.45. The highest BCUT2D eigenvalue weighted by Gasteiger charge is 2.20. The van der Waals surface area contributed by atoms with Crippen LogP contribution in [0.3, 0.4) is 0 Å². The van der Waals surface area contributed by atoms with Crippen molar-refractivity contribution in [2.75, 3.05) is 0 Å². The molecule has 0 radical (unpaired) electrons. The molecule has 2 aromatic rings. The van der Waals surface area contributed by atoms with Crippen molar-refractivity contribution in [3.05, 3.63) is 30.2 Å². The van der Waals surface area contributed by atoms with E-state index in [1.165, 1.54) is 4.57 Å². The molecule has 20 heavy (non-hydrogen) atoms. The first-order valence-electron chi connectivity index (χ1n) is 6.70. The van der Waals surface area contributed by atoms with E-state index in [-0.39, 0.29) is 6.61 Å². The number of carbonyl (C=O) groups is 1. The number of aliphatic hydroxyl groups excluding tert-OH is 1. The van der Waals surface area contributed by atoms with Gasteiger partial charge in [0, 0.05) is 23.3 Å².